The maximum Gasteiger partial charge on any atom is 0.327 e. The molecule has 0 bridgehead atoms. The maximum absolute atomic E-state index is 11.2. The van der Waals surface area contributed by atoms with Gasteiger partial charge in [0.2, 0.25) is 0 Å². The molecule has 12 heavy (non-hydrogen) atoms. The summed E-state index contributed by atoms with van der Waals surface area (Å²) in [6.45, 7) is 5.59. The van der Waals surface area contributed by atoms with Crippen molar-refractivity contribution >= 4 is 5.97 Å². The molecule has 1 unspecified atom stereocenters. The van der Waals surface area contributed by atoms with Gasteiger partial charge in [-0.1, -0.05) is 6.58 Å². The predicted molar refractivity (Wildman–Crippen MR) is 47.8 cm³/mol. The van der Waals surface area contributed by atoms with E-state index in [2.05, 4.69) is 12.3 Å². The Labute approximate surface area is 73.3 Å². The summed E-state index contributed by atoms with van der Waals surface area (Å²) in [5, 5.41) is 0. The van der Waals surface area contributed by atoms with Crippen molar-refractivity contribution < 1.29 is 9.53 Å². The van der Waals surface area contributed by atoms with E-state index in [0.717, 1.165) is 0 Å². The number of nitrogens with zero attached hydrogens (tertiary/aromatic N) is 1. The van der Waals surface area contributed by atoms with Crippen LogP contribution in [0.5, 0.6) is 0 Å². The number of ether oxygens (including phenoxy) is 1. The van der Waals surface area contributed by atoms with Gasteiger partial charge < -0.3 is 4.74 Å². The molecule has 0 aliphatic heterocycles. The molecule has 0 fully saturated rings. The summed E-state index contributed by atoms with van der Waals surface area (Å²) in [7, 11) is 3.60. The van der Waals surface area contributed by atoms with Crippen molar-refractivity contribution in [1.29, 1.82) is 0 Å². The van der Waals surface area contributed by atoms with Gasteiger partial charge in [0.05, 0.1) is 6.61 Å². The van der Waals surface area contributed by atoms with Gasteiger partial charge in [-0.3, -0.25) is 4.90 Å². The molecule has 0 aromatic rings. The number of hydrogen-bond acceptors (Lipinski definition) is 3. The summed E-state index contributed by atoms with van der Waals surface area (Å²) in [5.41, 5.74) is 2.57. The molecule has 0 heterocycles. The van der Waals surface area contributed by atoms with Crippen molar-refractivity contribution in [3.05, 3.63) is 18.4 Å². The third kappa shape index (κ3) is 3.37. The quantitative estimate of drug-likeness (QED) is 0.461. The third-order valence-electron chi connectivity index (χ3n) is 1.36. The zero-order valence-corrected chi connectivity index (χ0v) is 7.83. The van der Waals surface area contributed by atoms with Gasteiger partial charge in [0, 0.05) is 0 Å². The molecule has 0 radical (unpaired) electrons. The minimum Gasteiger partial charge on any atom is -0.465 e. The minimum absolute atomic E-state index is 0.265. The van der Waals surface area contributed by atoms with Crippen molar-refractivity contribution in [2.24, 2.45) is 0 Å². The van der Waals surface area contributed by atoms with Crippen molar-refractivity contribution in [2.75, 3.05) is 20.7 Å². The lowest BCUT2D eigenvalue weighted by Gasteiger charge is -2.17. The zero-order chi connectivity index (χ0) is 9.56. The van der Waals surface area contributed by atoms with E-state index in [1.807, 2.05) is 0 Å². The average molecular weight is 169 g/mol. The van der Waals surface area contributed by atoms with E-state index in [9.17, 15) is 4.79 Å². The Hall–Kier alpha value is -1.05. The summed E-state index contributed by atoms with van der Waals surface area (Å²) >= 11 is 0. The van der Waals surface area contributed by atoms with E-state index < -0.39 is 0 Å². The second-order valence-electron chi connectivity index (χ2n) is 2.53. The molecule has 0 rings (SSSR count). The number of likely N-dealkylation sites (N-methyl/N-ethyl adjacent to an activating group) is 1. The lowest BCUT2D eigenvalue weighted by atomic mass is 10.2. The molecular formula is C9H15NO2. The fourth-order valence-electron chi connectivity index (χ4n) is 0.767. The molecule has 3 heteroatoms. The number of carbonyl (C=O) groups is 1. The Balaban J connectivity index is 4.29. The van der Waals surface area contributed by atoms with Crippen LogP contribution in [0.1, 0.15) is 6.92 Å². The molecule has 3 nitrogen and oxygen atoms in total. The standard InChI is InChI=1S/C9H15NO2/c1-5-7-8(10(3)4)9(11)12-6-2/h7-8H,1,6H2,2-4H3. The first kappa shape index (κ1) is 11.0. The molecule has 0 saturated heterocycles. The predicted octanol–water partition coefficient (Wildman–Crippen LogP) is 0.821. The molecule has 0 saturated carbocycles. The van der Waals surface area contributed by atoms with Gasteiger partial charge in [0.25, 0.3) is 0 Å². The molecule has 0 N–H and O–H groups in total. The SMILES string of the molecule is C=C=CC(C(=O)OCC)N(C)C. The van der Waals surface area contributed by atoms with Crippen molar-refractivity contribution in [3.8, 4) is 0 Å². The fraction of sp³-hybridized carbons (Fsp3) is 0.556. The molecule has 68 valence electrons. The van der Waals surface area contributed by atoms with Crippen molar-refractivity contribution in [1.82, 2.24) is 4.90 Å². The van der Waals surface area contributed by atoms with Crippen LogP contribution in [-0.4, -0.2) is 37.6 Å². The Kier molecular flexibility index (Phi) is 5.09. The number of carbonyl (C=O) groups excluding carboxylic acids is 1. The van der Waals surface area contributed by atoms with Crippen LogP contribution in [-0.2, 0) is 9.53 Å². The summed E-state index contributed by atoms with van der Waals surface area (Å²) in [6.07, 6.45) is 1.58. The van der Waals surface area contributed by atoms with Gasteiger partial charge in [0.15, 0.2) is 0 Å². The summed E-state index contributed by atoms with van der Waals surface area (Å²) < 4.78 is 4.84. The van der Waals surface area contributed by atoms with E-state index >= 15 is 0 Å². The molecule has 1 atom stereocenters. The van der Waals surface area contributed by atoms with Gasteiger partial charge in [0.1, 0.15) is 6.04 Å². The van der Waals surface area contributed by atoms with Crippen LogP contribution in [0.4, 0.5) is 0 Å². The zero-order valence-electron chi connectivity index (χ0n) is 7.83. The molecule has 0 aliphatic rings. The van der Waals surface area contributed by atoms with Crippen LogP contribution in [0, 0.1) is 0 Å². The number of esters is 1. The molecule has 0 aliphatic carbocycles. The smallest absolute Gasteiger partial charge is 0.327 e. The summed E-state index contributed by atoms with van der Waals surface area (Å²) in [5.74, 6) is -0.265. The van der Waals surface area contributed by atoms with Crippen LogP contribution in [0.3, 0.4) is 0 Å². The van der Waals surface area contributed by atoms with E-state index in [4.69, 9.17) is 4.74 Å². The minimum atomic E-state index is -0.373. The van der Waals surface area contributed by atoms with Crippen LogP contribution in [0.2, 0.25) is 0 Å². The third-order valence-corrected chi connectivity index (χ3v) is 1.36. The fourth-order valence-corrected chi connectivity index (χ4v) is 0.767. The highest BCUT2D eigenvalue weighted by Gasteiger charge is 2.18. The first-order valence-corrected chi connectivity index (χ1v) is 3.82. The van der Waals surface area contributed by atoms with E-state index in [0.29, 0.717) is 6.61 Å². The topological polar surface area (TPSA) is 29.5 Å². The second-order valence-corrected chi connectivity index (χ2v) is 2.53. The molecule has 0 aromatic heterocycles. The maximum atomic E-state index is 11.2. The van der Waals surface area contributed by atoms with Crippen molar-refractivity contribution in [2.45, 2.75) is 13.0 Å². The van der Waals surface area contributed by atoms with Gasteiger partial charge in [-0.05, 0) is 27.1 Å². The molecular weight excluding hydrogens is 154 g/mol. The van der Waals surface area contributed by atoms with Crippen LogP contribution < -0.4 is 0 Å². The normalized spacial score (nSPS) is 12.0. The van der Waals surface area contributed by atoms with Gasteiger partial charge in [-0.15, -0.1) is 5.73 Å². The largest absolute Gasteiger partial charge is 0.465 e. The lowest BCUT2D eigenvalue weighted by molar-refractivity contribution is -0.146. The highest BCUT2D eigenvalue weighted by Crippen LogP contribution is 1.97. The van der Waals surface area contributed by atoms with E-state index in [-0.39, 0.29) is 12.0 Å². The second kappa shape index (κ2) is 5.58. The van der Waals surface area contributed by atoms with Crippen molar-refractivity contribution in [3.63, 3.8) is 0 Å². The highest BCUT2D eigenvalue weighted by molar-refractivity contribution is 5.77. The summed E-state index contributed by atoms with van der Waals surface area (Å²) in [4.78, 5) is 13.0. The van der Waals surface area contributed by atoms with Gasteiger partial charge in [-0.2, -0.15) is 0 Å². The first-order chi connectivity index (χ1) is 5.63. The summed E-state index contributed by atoms with van der Waals surface area (Å²) in [6, 6.07) is -0.373. The average Bonchev–Trinajstić information content (AvgIpc) is 1.99. The van der Waals surface area contributed by atoms with Crippen LogP contribution >= 0.6 is 0 Å². The molecule has 0 spiro atoms. The molecule has 0 amide bonds. The lowest BCUT2D eigenvalue weighted by Crippen LogP contribution is -2.35. The molecule has 0 aromatic carbocycles. The van der Waals surface area contributed by atoms with Crippen LogP contribution in [0.25, 0.3) is 0 Å². The highest BCUT2D eigenvalue weighted by atomic mass is 16.5. The first-order valence-electron chi connectivity index (χ1n) is 3.82. The number of hydrogen-bond donors (Lipinski definition) is 0. The van der Waals surface area contributed by atoms with E-state index in [1.165, 1.54) is 0 Å². The Morgan fingerprint density at radius 3 is 2.67 bits per heavy atom. The van der Waals surface area contributed by atoms with Crippen LogP contribution in [0.15, 0.2) is 18.4 Å². The van der Waals surface area contributed by atoms with E-state index in [1.54, 1.807) is 32.0 Å². The Morgan fingerprint density at radius 1 is 1.75 bits per heavy atom. The monoisotopic (exact) mass is 169 g/mol. The van der Waals surface area contributed by atoms with Gasteiger partial charge in [-0.25, -0.2) is 4.79 Å². The Morgan fingerprint density at radius 2 is 2.33 bits per heavy atom. The number of rotatable bonds is 4. The Bertz CT molecular complexity index is 193. The van der Waals surface area contributed by atoms with Gasteiger partial charge >= 0.3 is 5.97 Å².